The van der Waals surface area contributed by atoms with Gasteiger partial charge in [0, 0.05) is 36.2 Å². The lowest BCUT2D eigenvalue weighted by Gasteiger charge is -2.28. The minimum atomic E-state index is -0.477. The Balaban J connectivity index is 1.84. The van der Waals surface area contributed by atoms with E-state index in [0.717, 1.165) is 55.3 Å². The normalized spacial score (nSPS) is 19.4. The van der Waals surface area contributed by atoms with E-state index in [0.29, 0.717) is 17.2 Å². The Hall–Kier alpha value is -1.95. The van der Waals surface area contributed by atoms with Crippen LogP contribution in [0.15, 0.2) is 36.5 Å². The third kappa shape index (κ3) is 5.31. The van der Waals surface area contributed by atoms with Gasteiger partial charge in [-0.25, -0.2) is 0 Å². The first-order valence-electron chi connectivity index (χ1n) is 9.81. The molecule has 0 saturated heterocycles. The van der Waals surface area contributed by atoms with Crippen molar-refractivity contribution in [1.29, 1.82) is 0 Å². The molecule has 1 saturated carbocycles. The Morgan fingerprint density at radius 3 is 2.75 bits per heavy atom. The zero-order valence-electron chi connectivity index (χ0n) is 16.2. The number of carbonyl (C=O) groups is 1. The Bertz CT molecular complexity index is 795. The number of carbonyl (C=O) groups excluding carboxylic acids is 1. The fourth-order valence-corrected chi connectivity index (χ4v) is 3.74. The predicted octanol–water partition coefficient (Wildman–Crippen LogP) is 4.01. The number of benzene rings is 1. The molecule has 1 amide bonds. The first kappa shape index (κ1) is 20.8. The molecule has 1 aromatic heterocycles. The molecule has 0 radical (unpaired) electrons. The number of aliphatic hydroxyl groups is 1. The molecule has 5 nitrogen and oxygen atoms in total. The Morgan fingerprint density at radius 1 is 1.29 bits per heavy atom. The summed E-state index contributed by atoms with van der Waals surface area (Å²) >= 11 is 6.03. The van der Waals surface area contributed by atoms with E-state index < -0.39 is 6.10 Å². The smallest absolute Gasteiger partial charge is 0.253 e. The number of amides is 1. The van der Waals surface area contributed by atoms with Crippen molar-refractivity contribution in [1.82, 2.24) is 10.3 Å². The SMILES string of the molecule is COCCCc1ncc(C(=O)NC2CCCCC2O)cc1-c1ccc(Cl)cc1. The highest BCUT2D eigenvalue weighted by atomic mass is 35.5. The summed E-state index contributed by atoms with van der Waals surface area (Å²) in [6, 6.07) is 9.23. The second kappa shape index (κ2) is 10.0. The zero-order chi connectivity index (χ0) is 19.9. The monoisotopic (exact) mass is 402 g/mol. The summed E-state index contributed by atoms with van der Waals surface area (Å²) in [6.07, 6.45) is 6.32. The number of ether oxygens (including phenoxy) is 1. The topological polar surface area (TPSA) is 71.5 Å². The maximum atomic E-state index is 12.8. The number of methoxy groups -OCH3 is 1. The van der Waals surface area contributed by atoms with Crippen molar-refractivity contribution in [2.24, 2.45) is 0 Å². The van der Waals surface area contributed by atoms with Gasteiger partial charge < -0.3 is 15.2 Å². The molecular weight excluding hydrogens is 376 g/mol. The van der Waals surface area contributed by atoms with Gasteiger partial charge in [-0.3, -0.25) is 9.78 Å². The number of aryl methyl sites for hydroxylation is 1. The van der Waals surface area contributed by atoms with E-state index in [1.165, 1.54) is 0 Å². The van der Waals surface area contributed by atoms with E-state index in [-0.39, 0.29) is 11.9 Å². The number of nitrogens with zero attached hydrogens (tertiary/aromatic N) is 1. The van der Waals surface area contributed by atoms with Crippen molar-refractivity contribution in [2.75, 3.05) is 13.7 Å². The van der Waals surface area contributed by atoms with Crippen LogP contribution in [-0.2, 0) is 11.2 Å². The molecule has 1 aliphatic rings. The molecule has 1 aliphatic carbocycles. The van der Waals surface area contributed by atoms with Crippen molar-refractivity contribution >= 4 is 17.5 Å². The molecule has 1 fully saturated rings. The van der Waals surface area contributed by atoms with E-state index in [1.807, 2.05) is 30.3 Å². The molecule has 1 aromatic carbocycles. The van der Waals surface area contributed by atoms with Gasteiger partial charge in [-0.05, 0) is 49.4 Å². The maximum absolute atomic E-state index is 12.8. The highest BCUT2D eigenvalue weighted by Crippen LogP contribution is 2.26. The predicted molar refractivity (Wildman–Crippen MR) is 111 cm³/mol. The van der Waals surface area contributed by atoms with Crippen LogP contribution < -0.4 is 5.32 Å². The highest BCUT2D eigenvalue weighted by Gasteiger charge is 2.25. The average Bonchev–Trinajstić information content (AvgIpc) is 2.71. The van der Waals surface area contributed by atoms with Crippen LogP contribution in [-0.4, -0.2) is 41.9 Å². The van der Waals surface area contributed by atoms with Crippen molar-refractivity contribution in [3.63, 3.8) is 0 Å². The fraction of sp³-hybridized carbons (Fsp3) is 0.455. The lowest BCUT2D eigenvalue weighted by molar-refractivity contribution is 0.0717. The summed E-state index contributed by atoms with van der Waals surface area (Å²) in [5, 5.41) is 13.8. The van der Waals surface area contributed by atoms with Crippen LogP contribution >= 0.6 is 11.6 Å². The summed E-state index contributed by atoms with van der Waals surface area (Å²) in [6.45, 7) is 0.656. The van der Waals surface area contributed by atoms with Gasteiger partial charge in [-0.1, -0.05) is 36.6 Å². The number of hydrogen-bond donors (Lipinski definition) is 2. The second-order valence-corrected chi connectivity index (χ2v) is 7.69. The number of hydrogen-bond acceptors (Lipinski definition) is 4. The van der Waals surface area contributed by atoms with E-state index in [2.05, 4.69) is 10.3 Å². The second-order valence-electron chi connectivity index (χ2n) is 7.25. The van der Waals surface area contributed by atoms with Gasteiger partial charge in [0.15, 0.2) is 0 Å². The minimum absolute atomic E-state index is 0.193. The molecule has 2 N–H and O–H groups in total. The summed E-state index contributed by atoms with van der Waals surface area (Å²) in [7, 11) is 1.68. The quantitative estimate of drug-likeness (QED) is 0.686. The Morgan fingerprint density at radius 2 is 2.04 bits per heavy atom. The molecule has 150 valence electrons. The van der Waals surface area contributed by atoms with E-state index in [1.54, 1.807) is 13.3 Å². The van der Waals surface area contributed by atoms with Crippen molar-refractivity contribution in [3.05, 3.63) is 52.8 Å². The van der Waals surface area contributed by atoms with Gasteiger partial charge in [0.1, 0.15) is 0 Å². The molecule has 2 unspecified atom stereocenters. The summed E-state index contributed by atoms with van der Waals surface area (Å²) in [5.74, 6) is -0.197. The first-order valence-corrected chi connectivity index (χ1v) is 10.2. The van der Waals surface area contributed by atoms with Crippen LogP contribution in [0.3, 0.4) is 0 Å². The molecule has 2 aromatic rings. The summed E-state index contributed by atoms with van der Waals surface area (Å²) in [5.41, 5.74) is 3.31. The fourth-order valence-electron chi connectivity index (χ4n) is 3.61. The van der Waals surface area contributed by atoms with E-state index >= 15 is 0 Å². The van der Waals surface area contributed by atoms with Crippen LogP contribution in [0, 0.1) is 0 Å². The zero-order valence-corrected chi connectivity index (χ0v) is 16.9. The van der Waals surface area contributed by atoms with Crippen LogP contribution in [0.1, 0.15) is 48.2 Å². The third-order valence-electron chi connectivity index (χ3n) is 5.20. The lowest BCUT2D eigenvalue weighted by Crippen LogP contribution is -2.45. The molecular formula is C22H27ClN2O3. The number of nitrogens with one attached hydrogen (secondary N) is 1. The minimum Gasteiger partial charge on any atom is -0.391 e. The molecule has 3 rings (SSSR count). The highest BCUT2D eigenvalue weighted by molar-refractivity contribution is 6.30. The number of aliphatic hydroxyl groups excluding tert-OH is 1. The van der Waals surface area contributed by atoms with Gasteiger partial charge in [-0.15, -0.1) is 0 Å². The van der Waals surface area contributed by atoms with E-state index in [4.69, 9.17) is 16.3 Å². The molecule has 2 atom stereocenters. The van der Waals surface area contributed by atoms with Crippen LogP contribution in [0.25, 0.3) is 11.1 Å². The van der Waals surface area contributed by atoms with Gasteiger partial charge >= 0.3 is 0 Å². The van der Waals surface area contributed by atoms with Crippen LogP contribution in [0.2, 0.25) is 5.02 Å². The number of rotatable bonds is 7. The number of pyridine rings is 1. The Labute approximate surface area is 171 Å². The van der Waals surface area contributed by atoms with Crippen molar-refractivity contribution in [3.8, 4) is 11.1 Å². The standard InChI is InChI=1S/C22H27ClN2O3/c1-28-12-4-6-19-18(15-8-10-17(23)11-9-15)13-16(14-24-19)22(27)25-20-5-2-3-7-21(20)26/h8-11,13-14,20-21,26H,2-7,12H2,1H3,(H,25,27). The largest absolute Gasteiger partial charge is 0.391 e. The number of halogens is 1. The number of aromatic nitrogens is 1. The molecule has 1 heterocycles. The van der Waals surface area contributed by atoms with Gasteiger partial charge in [-0.2, -0.15) is 0 Å². The van der Waals surface area contributed by atoms with Crippen LogP contribution in [0.4, 0.5) is 0 Å². The van der Waals surface area contributed by atoms with Crippen molar-refractivity contribution in [2.45, 2.75) is 50.7 Å². The van der Waals surface area contributed by atoms with E-state index in [9.17, 15) is 9.90 Å². The first-order chi connectivity index (χ1) is 13.6. The molecule has 6 heteroatoms. The van der Waals surface area contributed by atoms with Gasteiger partial charge in [0.2, 0.25) is 0 Å². The molecule has 0 bridgehead atoms. The molecule has 0 aliphatic heterocycles. The van der Waals surface area contributed by atoms with Crippen LogP contribution in [0.5, 0.6) is 0 Å². The lowest BCUT2D eigenvalue weighted by atomic mass is 9.92. The average molecular weight is 403 g/mol. The third-order valence-corrected chi connectivity index (χ3v) is 5.45. The maximum Gasteiger partial charge on any atom is 0.253 e. The Kier molecular flexibility index (Phi) is 7.43. The summed E-state index contributed by atoms with van der Waals surface area (Å²) < 4.78 is 5.15. The molecule has 0 spiro atoms. The van der Waals surface area contributed by atoms with Gasteiger partial charge in [0.25, 0.3) is 5.91 Å². The van der Waals surface area contributed by atoms with Gasteiger partial charge in [0.05, 0.1) is 17.7 Å². The molecule has 28 heavy (non-hydrogen) atoms. The summed E-state index contributed by atoms with van der Waals surface area (Å²) in [4.78, 5) is 17.3. The van der Waals surface area contributed by atoms with Crippen molar-refractivity contribution < 1.29 is 14.6 Å².